The number of phosphoric acid groups is 2. The van der Waals surface area contributed by atoms with Crippen LogP contribution in [0.4, 0.5) is 5.69 Å². The fraction of sp³-hybridized carbons (Fsp3) is 0.375. The molecule has 0 heterocycles. The molecule has 1 rings (SSSR count). The molecular weight excluding hydrogens is 416 g/mol. The highest BCUT2D eigenvalue weighted by Gasteiger charge is 2.10. The summed E-state index contributed by atoms with van der Waals surface area (Å²) in [7, 11) is -10.8. The van der Waals surface area contributed by atoms with Crippen molar-refractivity contribution in [3.05, 3.63) is 52.6 Å². The molecule has 0 aliphatic rings. The van der Waals surface area contributed by atoms with Crippen LogP contribution in [0.15, 0.2) is 47.6 Å². The van der Waals surface area contributed by atoms with Gasteiger partial charge in [0.2, 0.25) is 0 Å². The molecule has 1 unspecified atom stereocenters. The van der Waals surface area contributed by atoms with Crippen molar-refractivity contribution in [1.29, 1.82) is 0 Å². The summed E-state index contributed by atoms with van der Waals surface area (Å²) in [6, 6.07) is 7.38. The Morgan fingerprint density at radius 2 is 1.74 bits per heavy atom. The normalized spacial score (nSPS) is 15.5. The van der Waals surface area contributed by atoms with Crippen LogP contribution in [0.2, 0.25) is 5.02 Å². The summed E-state index contributed by atoms with van der Waals surface area (Å²) in [5, 5.41) is 3.94. The number of allylic oxidation sites excluding steroid dienone is 2. The number of anilines is 1. The number of benzene rings is 1. The van der Waals surface area contributed by atoms with Crippen LogP contribution in [-0.2, 0) is 18.0 Å². The van der Waals surface area contributed by atoms with Crippen LogP contribution in [0.5, 0.6) is 0 Å². The van der Waals surface area contributed by atoms with E-state index in [9.17, 15) is 23.8 Å². The molecule has 1 aromatic carbocycles. The van der Waals surface area contributed by atoms with Crippen molar-refractivity contribution in [2.45, 2.75) is 26.7 Å². The van der Waals surface area contributed by atoms with Gasteiger partial charge in [0.05, 0.1) is 14.4 Å². The van der Waals surface area contributed by atoms with E-state index in [0.29, 0.717) is 18.0 Å². The van der Waals surface area contributed by atoms with Gasteiger partial charge in [-0.25, -0.2) is 0 Å². The van der Waals surface area contributed by atoms with Crippen molar-refractivity contribution in [1.82, 2.24) is 0 Å². The summed E-state index contributed by atoms with van der Waals surface area (Å²) in [4.78, 5) is 31.6. The average Bonchev–Trinajstić information content (AvgIpc) is 2.52. The van der Waals surface area contributed by atoms with Crippen molar-refractivity contribution in [2.24, 2.45) is 0 Å². The van der Waals surface area contributed by atoms with Gasteiger partial charge < -0.3 is 29.1 Å². The van der Waals surface area contributed by atoms with Crippen molar-refractivity contribution < 1.29 is 32.6 Å². The van der Waals surface area contributed by atoms with Gasteiger partial charge in [0, 0.05) is 17.3 Å². The highest BCUT2D eigenvalue weighted by Crippen LogP contribution is 2.50. The second-order valence-corrected chi connectivity index (χ2v) is 8.91. The Morgan fingerprint density at radius 3 is 2.33 bits per heavy atom. The zero-order valence-electron chi connectivity index (χ0n) is 14.9. The van der Waals surface area contributed by atoms with E-state index in [0.717, 1.165) is 23.3 Å². The molecule has 27 heavy (non-hydrogen) atoms. The maximum Gasteiger partial charge on any atom is 0.272 e. The fourth-order valence-electron chi connectivity index (χ4n) is 1.95. The largest absolute Gasteiger partial charge is 0.790 e. The third-order valence-corrected chi connectivity index (χ3v) is 5.63. The van der Waals surface area contributed by atoms with Crippen LogP contribution < -0.4 is 20.0 Å². The molecule has 0 saturated heterocycles. The van der Waals surface area contributed by atoms with E-state index in [2.05, 4.69) is 14.2 Å². The Morgan fingerprint density at radius 1 is 1.11 bits per heavy atom. The van der Waals surface area contributed by atoms with E-state index in [1.165, 1.54) is 6.08 Å². The maximum atomic E-state index is 11.1. The quantitative estimate of drug-likeness (QED) is 0.413. The molecule has 152 valence electrons. The topological polar surface area (TPSA) is 134 Å². The predicted octanol–water partition coefficient (Wildman–Crippen LogP) is 2.75. The summed E-state index contributed by atoms with van der Waals surface area (Å²) in [5.74, 6) is 0. The molecule has 0 aliphatic carbocycles. The van der Waals surface area contributed by atoms with Crippen LogP contribution in [0, 0.1) is 0 Å². The molecule has 11 heteroatoms. The fourth-order valence-corrected chi connectivity index (χ4v) is 3.50. The molecule has 1 atom stereocenters. The second-order valence-electron chi connectivity index (χ2n) is 5.77. The Labute approximate surface area is 163 Å². The highest BCUT2D eigenvalue weighted by atomic mass is 35.5. The third-order valence-electron chi connectivity index (χ3n) is 3.31. The van der Waals surface area contributed by atoms with Crippen LogP contribution >= 0.6 is 27.2 Å². The zero-order chi connectivity index (χ0) is 20.5. The first-order valence-corrected chi connectivity index (χ1v) is 11.3. The number of rotatable bonds is 11. The molecule has 0 amide bonds. The number of hydrogen-bond acceptors (Lipinski definition) is 8. The van der Waals surface area contributed by atoms with Gasteiger partial charge in [0.25, 0.3) is 7.82 Å². The molecule has 8 nitrogen and oxygen atoms in total. The van der Waals surface area contributed by atoms with Gasteiger partial charge >= 0.3 is 0 Å². The first-order valence-electron chi connectivity index (χ1n) is 7.96. The molecule has 0 fully saturated rings. The Bertz CT molecular complexity index is 759. The molecule has 1 aromatic rings. The lowest BCUT2D eigenvalue weighted by Crippen LogP contribution is -2.19. The van der Waals surface area contributed by atoms with Gasteiger partial charge in [-0.1, -0.05) is 34.9 Å². The van der Waals surface area contributed by atoms with E-state index in [4.69, 9.17) is 11.6 Å². The first kappa shape index (κ1) is 24.1. The average molecular weight is 437 g/mol. The number of halogens is 1. The van der Waals surface area contributed by atoms with Crippen molar-refractivity contribution in [3.8, 4) is 0 Å². The molecule has 1 N–H and O–H groups in total. The van der Waals surface area contributed by atoms with Crippen LogP contribution in [-0.4, -0.2) is 13.2 Å². The minimum absolute atomic E-state index is 0.409. The Hall–Kier alpha value is -0.950. The lowest BCUT2D eigenvalue weighted by Gasteiger charge is -2.34. The van der Waals surface area contributed by atoms with Gasteiger partial charge in [-0.15, -0.1) is 0 Å². The van der Waals surface area contributed by atoms with Crippen LogP contribution in [0.25, 0.3) is 0 Å². The smallest absolute Gasteiger partial charge is 0.272 e. The second kappa shape index (κ2) is 11.1. The molecular formula is C16H21ClNO7P2-3. The minimum atomic E-state index is -5.65. The summed E-state index contributed by atoms with van der Waals surface area (Å²) < 4.78 is 29.0. The SMILES string of the molecule is C/C(=C\COP(=O)([O-])OP(=O)([O-])[O-])CC/C=C(\C)CNc1ccc(Cl)cc1. The standard InChI is InChI=1S/C16H24ClNO7P2/c1-13(10-11-24-27(22,23)25-26(19,20)21)4-3-5-14(2)12-18-16-8-6-15(17)7-9-16/h5-10,18H,3-4,11-12H2,1-2H3,(H,22,23)(H2,19,20,21)/p-3/b13-10+,14-5+. The predicted molar refractivity (Wildman–Crippen MR) is 98.9 cm³/mol. The summed E-state index contributed by atoms with van der Waals surface area (Å²) in [6.45, 7) is 4.03. The molecule has 0 bridgehead atoms. The van der Waals surface area contributed by atoms with E-state index in [1.807, 2.05) is 25.1 Å². The van der Waals surface area contributed by atoms with Gasteiger partial charge in [-0.2, -0.15) is 0 Å². The van der Waals surface area contributed by atoms with Crippen LogP contribution in [0.3, 0.4) is 0 Å². The summed E-state index contributed by atoms with van der Waals surface area (Å²) >= 11 is 5.83. The van der Waals surface area contributed by atoms with E-state index < -0.39 is 22.3 Å². The molecule has 0 spiro atoms. The molecule has 0 aromatic heterocycles. The summed E-state index contributed by atoms with van der Waals surface area (Å²) in [6.07, 6.45) is 4.92. The first-order chi connectivity index (χ1) is 12.5. The van der Waals surface area contributed by atoms with Gasteiger partial charge in [-0.3, -0.25) is 8.88 Å². The van der Waals surface area contributed by atoms with E-state index in [-0.39, 0.29) is 0 Å². The van der Waals surface area contributed by atoms with Gasteiger partial charge in [-0.05, 0) is 51.0 Å². The number of hydrogen-bond donors (Lipinski definition) is 1. The monoisotopic (exact) mass is 436 g/mol. The Balaban J connectivity index is 2.33. The van der Waals surface area contributed by atoms with Crippen molar-refractivity contribution in [2.75, 3.05) is 18.5 Å². The van der Waals surface area contributed by atoms with Gasteiger partial charge in [0.15, 0.2) is 0 Å². The zero-order valence-corrected chi connectivity index (χ0v) is 17.5. The van der Waals surface area contributed by atoms with E-state index in [1.54, 1.807) is 19.1 Å². The molecule has 0 aliphatic heterocycles. The van der Waals surface area contributed by atoms with Crippen LogP contribution in [0.1, 0.15) is 26.7 Å². The Kier molecular flexibility index (Phi) is 9.95. The molecule has 0 radical (unpaired) electrons. The lowest BCUT2D eigenvalue weighted by atomic mass is 10.1. The van der Waals surface area contributed by atoms with Gasteiger partial charge in [0.1, 0.15) is 0 Å². The highest BCUT2D eigenvalue weighted by molar-refractivity contribution is 7.58. The van der Waals surface area contributed by atoms with E-state index >= 15 is 0 Å². The van der Waals surface area contributed by atoms with Crippen molar-refractivity contribution in [3.63, 3.8) is 0 Å². The lowest BCUT2D eigenvalue weighted by molar-refractivity contribution is -0.339. The number of phosphoric ester groups is 1. The summed E-state index contributed by atoms with van der Waals surface area (Å²) in [5.41, 5.74) is 2.94. The third kappa shape index (κ3) is 12.2. The number of nitrogens with one attached hydrogen (secondary N) is 1. The minimum Gasteiger partial charge on any atom is -0.790 e. The molecule has 0 saturated carbocycles. The van der Waals surface area contributed by atoms with Crippen molar-refractivity contribution >= 4 is 32.9 Å². The maximum absolute atomic E-state index is 11.1.